The van der Waals surface area contributed by atoms with Gasteiger partial charge in [0.25, 0.3) is 0 Å². The maximum atomic E-state index is 12.0. The number of ketones is 1. The van der Waals surface area contributed by atoms with Gasteiger partial charge >= 0.3 is 0 Å². The Kier molecular flexibility index (Phi) is 3.62. The van der Waals surface area contributed by atoms with E-state index in [1.807, 2.05) is 30.3 Å². The lowest BCUT2D eigenvalue weighted by Gasteiger charge is -2.27. The molecule has 0 amide bonds. The topological polar surface area (TPSA) is 35.5 Å². The van der Waals surface area contributed by atoms with Gasteiger partial charge in [0.2, 0.25) is 5.79 Å². The van der Waals surface area contributed by atoms with Gasteiger partial charge in [-0.1, -0.05) is 41.6 Å². The van der Waals surface area contributed by atoms with Crippen molar-refractivity contribution >= 4 is 40.7 Å². The maximum absolute atomic E-state index is 12.0. The molecule has 1 heterocycles. The van der Waals surface area contributed by atoms with E-state index in [1.165, 1.54) is 11.8 Å². The summed E-state index contributed by atoms with van der Waals surface area (Å²) in [6, 6.07) is 9.60. The van der Waals surface area contributed by atoms with Gasteiger partial charge in [-0.2, -0.15) is 0 Å². The van der Waals surface area contributed by atoms with Crippen LogP contribution in [0.5, 0.6) is 0 Å². The number of carbonyl (C=O) groups is 1. The standard InChI is InChI=1S/C13H10Cl2O3S/c14-9-10(16)11(15)13(17-6-7-18-13)12(9)19-8-4-2-1-3-5-8/h1-5,11H,6-7H2. The highest BCUT2D eigenvalue weighted by Crippen LogP contribution is 2.51. The first kappa shape index (κ1) is 13.5. The Morgan fingerprint density at radius 2 is 1.84 bits per heavy atom. The first-order valence-corrected chi connectivity index (χ1v) is 7.37. The highest BCUT2D eigenvalue weighted by Gasteiger charge is 2.58. The predicted octanol–water partition coefficient (Wildman–Crippen LogP) is 3.16. The summed E-state index contributed by atoms with van der Waals surface area (Å²) < 4.78 is 11.2. The van der Waals surface area contributed by atoms with Crippen molar-refractivity contribution < 1.29 is 14.3 Å². The van der Waals surface area contributed by atoms with E-state index < -0.39 is 11.2 Å². The van der Waals surface area contributed by atoms with Gasteiger partial charge in [-0.3, -0.25) is 4.79 Å². The molecule has 1 aromatic carbocycles. The molecule has 19 heavy (non-hydrogen) atoms. The molecule has 0 aromatic heterocycles. The summed E-state index contributed by atoms with van der Waals surface area (Å²) in [6.45, 7) is 0.805. The fraction of sp³-hybridized carbons (Fsp3) is 0.308. The lowest BCUT2D eigenvalue weighted by molar-refractivity contribution is -0.134. The highest BCUT2D eigenvalue weighted by atomic mass is 35.5. The molecule has 1 unspecified atom stereocenters. The molecule has 0 radical (unpaired) electrons. The van der Waals surface area contributed by atoms with Crippen molar-refractivity contribution in [2.75, 3.05) is 13.2 Å². The molecule has 1 spiro atoms. The molecular formula is C13H10Cl2O3S. The number of alkyl halides is 1. The van der Waals surface area contributed by atoms with Gasteiger partial charge < -0.3 is 9.47 Å². The maximum Gasteiger partial charge on any atom is 0.227 e. The Hall–Kier alpha value is -0.520. The largest absolute Gasteiger partial charge is 0.341 e. The normalized spacial score (nSPS) is 25.6. The van der Waals surface area contributed by atoms with Crippen LogP contribution >= 0.6 is 35.0 Å². The number of hydrogen-bond acceptors (Lipinski definition) is 4. The van der Waals surface area contributed by atoms with Crippen molar-refractivity contribution in [3.05, 3.63) is 40.3 Å². The minimum absolute atomic E-state index is 0.107. The van der Waals surface area contributed by atoms with Crippen LogP contribution in [0.4, 0.5) is 0 Å². The van der Waals surface area contributed by atoms with E-state index in [0.29, 0.717) is 18.1 Å². The minimum Gasteiger partial charge on any atom is -0.341 e. The van der Waals surface area contributed by atoms with Gasteiger partial charge in [0.15, 0.2) is 11.2 Å². The summed E-state index contributed by atoms with van der Waals surface area (Å²) in [5.74, 6) is -1.56. The molecule has 1 saturated heterocycles. The van der Waals surface area contributed by atoms with E-state index in [0.717, 1.165) is 4.90 Å². The Morgan fingerprint density at radius 1 is 1.21 bits per heavy atom. The molecule has 0 saturated carbocycles. The lowest BCUT2D eigenvalue weighted by Crippen LogP contribution is -2.40. The van der Waals surface area contributed by atoms with Crippen LogP contribution < -0.4 is 0 Å². The second kappa shape index (κ2) is 5.11. The van der Waals surface area contributed by atoms with Crippen LogP contribution in [0.2, 0.25) is 0 Å². The second-order valence-electron chi connectivity index (χ2n) is 4.15. The summed E-state index contributed by atoms with van der Waals surface area (Å²) in [6.07, 6.45) is 0. The zero-order chi connectivity index (χ0) is 13.5. The Morgan fingerprint density at radius 3 is 2.47 bits per heavy atom. The van der Waals surface area contributed by atoms with Gasteiger partial charge in [0.05, 0.1) is 18.1 Å². The zero-order valence-electron chi connectivity index (χ0n) is 9.77. The van der Waals surface area contributed by atoms with Crippen LogP contribution in [0.3, 0.4) is 0 Å². The second-order valence-corrected chi connectivity index (χ2v) is 6.05. The highest BCUT2D eigenvalue weighted by molar-refractivity contribution is 8.03. The predicted molar refractivity (Wildman–Crippen MR) is 74.5 cm³/mol. The number of thioether (sulfide) groups is 1. The number of Topliss-reactive ketones (excluding diaryl/α,β-unsaturated/α-hetero) is 1. The Balaban J connectivity index is 1.99. The molecule has 0 bridgehead atoms. The Labute approximate surface area is 124 Å². The van der Waals surface area contributed by atoms with E-state index in [2.05, 4.69) is 0 Å². The van der Waals surface area contributed by atoms with Gasteiger partial charge in [0, 0.05) is 4.90 Å². The van der Waals surface area contributed by atoms with Crippen LogP contribution in [-0.4, -0.2) is 30.2 Å². The molecule has 2 aliphatic rings. The third-order valence-electron chi connectivity index (χ3n) is 2.98. The van der Waals surface area contributed by atoms with Crippen molar-refractivity contribution in [3.8, 4) is 0 Å². The van der Waals surface area contributed by atoms with Crippen LogP contribution in [0, 0.1) is 0 Å². The summed E-state index contributed by atoms with van der Waals surface area (Å²) in [5.41, 5.74) is 0. The number of rotatable bonds is 2. The van der Waals surface area contributed by atoms with E-state index >= 15 is 0 Å². The monoisotopic (exact) mass is 316 g/mol. The number of benzene rings is 1. The van der Waals surface area contributed by atoms with Crippen molar-refractivity contribution in [2.24, 2.45) is 0 Å². The van der Waals surface area contributed by atoms with Crippen LogP contribution in [0.25, 0.3) is 0 Å². The van der Waals surface area contributed by atoms with Crippen molar-refractivity contribution in [2.45, 2.75) is 16.1 Å². The van der Waals surface area contributed by atoms with Crippen molar-refractivity contribution in [3.63, 3.8) is 0 Å². The number of ether oxygens (including phenoxy) is 2. The average molecular weight is 317 g/mol. The molecule has 1 fully saturated rings. The molecule has 1 aliphatic heterocycles. The number of allylic oxidation sites excluding steroid dienone is 1. The third kappa shape index (κ3) is 2.12. The molecule has 3 nitrogen and oxygen atoms in total. The molecule has 1 atom stereocenters. The number of halogens is 2. The fourth-order valence-electron chi connectivity index (χ4n) is 2.09. The summed E-state index contributed by atoms with van der Waals surface area (Å²) in [5, 5.41) is -0.815. The quantitative estimate of drug-likeness (QED) is 0.785. The van der Waals surface area contributed by atoms with Gasteiger partial charge in [-0.05, 0) is 12.1 Å². The van der Waals surface area contributed by atoms with Crippen LogP contribution in [-0.2, 0) is 14.3 Å². The van der Waals surface area contributed by atoms with Crippen molar-refractivity contribution in [1.29, 1.82) is 0 Å². The zero-order valence-corrected chi connectivity index (χ0v) is 12.1. The first-order valence-electron chi connectivity index (χ1n) is 5.74. The van der Waals surface area contributed by atoms with E-state index in [9.17, 15) is 4.79 Å². The molecule has 3 rings (SSSR count). The smallest absolute Gasteiger partial charge is 0.227 e. The van der Waals surface area contributed by atoms with Crippen molar-refractivity contribution in [1.82, 2.24) is 0 Å². The molecule has 100 valence electrons. The van der Waals surface area contributed by atoms with Gasteiger partial charge in [-0.25, -0.2) is 0 Å². The summed E-state index contributed by atoms with van der Waals surface area (Å²) in [4.78, 5) is 13.5. The molecule has 1 aromatic rings. The SMILES string of the molecule is O=C1C(Cl)=C(Sc2ccccc2)C2(OCCO2)C1Cl. The van der Waals surface area contributed by atoms with Gasteiger partial charge in [0.1, 0.15) is 5.03 Å². The van der Waals surface area contributed by atoms with Gasteiger partial charge in [-0.15, -0.1) is 11.6 Å². The molecule has 0 N–H and O–H groups in total. The Bertz CT molecular complexity index is 538. The lowest BCUT2D eigenvalue weighted by atomic mass is 10.2. The first-order chi connectivity index (χ1) is 9.15. The average Bonchev–Trinajstić information content (AvgIpc) is 2.99. The summed E-state index contributed by atoms with van der Waals surface area (Å²) >= 11 is 13.6. The minimum atomic E-state index is -1.21. The van der Waals surface area contributed by atoms with Crippen LogP contribution in [0.15, 0.2) is 45.2 Å². The van der Waals surface area contributed by atoms with E-state index in [1.54, 1.807) is 0 Å². The number of hydrogen-bond donors (Lipinski definition) is 0. The van der Waals surface area contributed by atoms with E-state index in [-0.39, 0.29) is 10.8 Å². The van der Waals surface area contributed by atoms with E-state index in [4.69, 9.17) is 32.7 Å². The molecule has 1 aliphatic carbocycles. The number of carbonyl (C=O) groups excluding carboxylic acids is 1. The molecular weight excluding hydrogens is 307 g/mol. The van der Waals surface area contributed by atoms with Crippen LogP contribution in [0.1, 0.15) is 0 Å². The summed E-state index contributed by atoms with van der Waals surface area (Å²) in [7, 11) is 0. The molecule has 6 heteroatoms. The third-order valence-corrected chi connectivity index (χ3v) is 5.15. The fourth-order valence-corrected chi connectivity index (χ4v) is 4.01.